The fourth-order valence-corrected chi connectivity index (χ4v) is 3.12. The van der Waals surface area contributed by atoms with Crippen LogP contribution in [0.5, 0.6) is 0 Å². The molecule has 1 N–H and O–H groups in total. The minimum atomic E-state index is 0.199. The van der Waals surface area contributed by atoms with E-state index in [1.54, 1.807) is 16.4 Å². The Morgan fingerprint density at radius 3 is 2.88 bits per heavy atom. The maximum Gasteiger partial charge on any atom is 0.209 e. The molecule has 1 aliphatic rings. The van der Waals surface area contributed by atoms with Crippen molar-refractivity contribution in [2.45, 2.75) is 48.9 Å². The van der Waals surface area contributed by atoms with E-state index in [1.807, 2.05) is 7.05 Å². The Kier molecular flexibility index (Phi) is 4.36. The summed E-state index contributed by atoms with van der Waals surface area (Å²) in [6.45, 7) is 0. The van der Waals surface area contributed by atoms with Crippen LogP contribution in [-0.4, -0.2) is 36.4 Å². The maximum absolute atomic E-state index is 9.09. The molecule has 1 aromatic rings. The summed E-state index contributed by atoms with van der Waals surface area (Å²) < 4.78 is 1.65. The van der Waals surface area contributed by atoms with Gasteiger partial charge >= 0.3 is 0 Å². The van der Waals surface area contributed by atoms with E-state index in [-0.39, 0.29) is 5.25 Å². The van der Waals surface area contributed by atoms with Crippen LogP contribution in [0, 0.1) is 0 Å². The zero-order valence-corrected chi connectivity index (χ0v) is 10.7. The SMILES string of the molecule is Cn1nnnc1SC1CCCCCC/C1=N/O. The lowest BCUT2D eigenvalue weighted by molar-refractivity contribution is 0.315. The van der Waals surface area contributed by atoms with Gasteiger partial charge in [-0.05, 0) is 29.7 Å². The van der Waals surface area contributed by atoms with Crippen molar-refractivity contribution in [3.63, 3.8) is 0 Å². The molecular weight excluding hydrogens is 238 g/mol. The average Bonchev–Trinajstić information content (AvgIpc) is 2.69. The molecule has 0 aromatic carbocycles. The van der Waals surface area contributed by atoms with E-state index < -0.39 is 0 Å². The highest BCUT2D eigenvalue weighted by molar-refractivity contribution is 8.00. The van der Waals surface area contributed by atoms with Gasteiger partial charge in [-0.1, -0.05) is 36.2 Å². The number of hydrogen-bond donors (Lipinski definition) is 1. The Hall–Kier alpha value is -1.11. The Morgan fingerprint density at radius 2 is 2.18 bits per heavy atom. The van der Waals surface area contributed by atoms with E-state index >= 15 is 0 Å². The molecule has 6 nitrogen and oxygen atoms in total. The van der Waals surface area contributed by atoms with E-state index in [0.29, 0.717) is 0 Å². The van der Waals surface area contributed by atoms with Gasteiger partial charge in [0.05, 0.1) is 11.0 Å². The van der Waals surface area contributed by atoms with Gasteiger partial charge in [-0.2, -0.15) is 0 Å². The number of thioether (sulfide) groups is 1. The van der Waals surface area contributed by atoms with Crippen LogP contribution >= 0.6 is 11.8 Å². The first kappa shape index (κ1) is 12.3. The van der Waals surface area contributed by atoms with Crippen LogP contribution in [0.2, 0.25) is 0 Å². The van der Waals surface area contributed by atoms with Crippen molar-refractivity contribution < 1.29 is 5.21 Å². The van der Waals surface area contributed by atoms with Crippen LogP contribution in [0.1, 0.15) is 38.5 Å². The number of aryl methyl sites for hydroxylation is 1. The minimum Gasteiger partial charge on any atom is -0.411 e. The predicted octanol–water partition coefficient (Wildman–Crippen LogP) is 1.86. The second-order valence-corrected chi connectivity index (χ2v) is 5.41. The molecule has 0 saturated heterocycles. The average molecular weight is 255 g/mol. The van der Waals surface area contributed by atoms with Crippen LogP contribution in [0.15, 0.2) is 10.3 Å². The van der Waals surface area contributed by atoms with E-state index in [4.69, 9.17) is 5.21 Å². The summed E-state index contributed by atoms with van der Waals surface area (Å²) in [7, 11) is 1.82. The van der Waals surface area contributed by atoms with Gasteiger partial charge in [-0.15, -0.1) is 5.10 Å². The molecule has 17 heavy (non-hydrogen) atoms. The molecule has 1 atom stereocenters. The molecule has 1 heterocycles. The summed E-state index contributed by atoms with van der Waals surface area (Å²) in [5, 5.41) is 24.9. The fraction of sp³-hybridized carbons (Fsp3) is 0.800. The monoisotopic (exact) mass is 255 g/mol. The zero-order chi connectivity index (χ0) is 12.1. The number of hydrogen-bond acceptors (Lipinski definition) is 6. The van der Waals surface area contributed by atoms with Gasteiger partial charge in [0.1, 0.15) is 0 Å². The molecule has 0 radical (unpaired) electrons. The predicted molar refractivity (Wildman–Crippen MR) is 65.4 cm³/mol. The number of rotatable bonds is 2. The van der Waals surface area contributed by atoms with E-state index in [1.165, 1.54) is 19.3 Å². The summed E-state index contributed by atoms with van der Waals surface area (Å²) in [6, 6.07) is 0. The standard InChI is InChI=1S/C10H17N5OS/c1-15-10(11-13-14-15)17-9-7-5-3-2-4-6-8(9)12-16/h9,16H,2-7H2,1H3/b12-8-. The van der Waals surface area contributed by atoms with Gasteiger partial charge < -0.3 is 5.21 Å². The number of tetrazole rings is 1. The maximum atomic E-state index is 9.09. The first-order valence-corrected chi connectivity index (χ1v) is 6.79. The summed E-state index contributed by atoms with van der Waals surface area (Å²) in [5.74, 6) is 0. The molecule has 0 amide bonds. The smallest absolute Gasteiger partial charge is 0.209 e. The van der Waals surface area contributed by atoms with Crippen molar-refractivity contribution in [1.29, 1.82) is 0 Å². The molecule has 0 bridgehead atoms. The summed E-state index contributed by atoms with van der Waals surface area (Å²) in [5.41, 5.74) is 0.873. The van der Waals surface area contributed by atoms with Gasteiger partial charge in [0.25, 0.3) is 0 Å². The lowest BCUT2D eigenvalue weighted by Gasteiger charge is -2.19. The third kappa shape index (κ3) is 3.18. The molecule has 94 valence electrons. The summed E-state index contributed by atoms with van der Waals surface area (Å²) in [6.07, 6.45) is 6.65. The van der Waals surface area contributed by atoms with Crippen LogP contribution in [0.3, 0.4) is 0 Å². The van der Waals surface area contributed by atoms with E-state index in [0.717, 1.165) is 30.1 Å². The van der Waals surface area contributed by atoms with Gasteiger partial charge in [0, 0.05) is 7.05 Å². The third-order valence-electron chi connectivity index (χ3n) is 2.98. The first-order chi connectivity index (χ1) is 8.31. The van der Waals surface area contributed by atoms with Gasteiger partial charge in [-0.3, -0.25) is 0 Å². The number of aromatic nitrogens is 4. The molecule has 1 saturated carbocycles. The molecule has 1 aromatic heterocycles. The lowest BCUT2D eigenvalue weighted by atomic mass is 9.99. The lowest BCUT2D eigenvalue weighted by Crippen LogP contribution is -2.20. The normalized spacial score (nSPS) is 24.5. The van der Waals surface area contributed by atoms with Crippen molar-refractivity contribution >= 4 is 17.5 Å². The van der Waals surface area contributed by atoms with Crippen molar-refractivity contribution in [3.05, 3.63) is 0 Å². The van der Waals surface area contributed by atoms with Crippen LogP contribution in [-0.2, 0) is 7.05 Å². The van der Waals surface area contributed by atoms with Crippen molar-refractivity contribution in [2.75, 3.05) is 0 Å². The van der Waals surface area contributed by atoms with Crippen LogP contribution < -0.4 is 0 Å². The van der Waals surface area contributed by atoms with Crippen LogP contribution in [0.4, 0.5) is 0 Å². The Labute approximate surface area is 104 Å². The Morgan fingerprint density at radius 1 is 1.35 bits per heavy atom. The molecule has 1 fully saturated rings. The highest BCUT2D eigenvalue weighted by Gasteiger charge is 2.22. The largest absolute Gasteiger partial charge is 0.411 e. The molecule has 0 spiro atoms. The molecule has 7 heteroatoms. The second kappa shape index (κ2) is 6.00. The van der Waals surface area contributed by atoms with E-state index in [2.05, 4.69) is 20.7 Å². The molecule has 0 aliphatic heterocycles. The summed E-state index contributed by atoms with van der Waals surface area (Å²) in [4.78, 5) is 0. The van der Waals surface area contributed by atoms with Gasteiger partial charge in [0.15, 0.2) is 0 Å². The number of oxime groups is 1. The Balaban J connectivity index is 2.07. The van der Waals surface area contributed by atoms with Crippen LogP contribution in [0.25, 0.3) is 0 Å². The first-order valence-electron chi connectivity index (χ1n) is 5.91. The van der Waals surface area contributed by atoms with Crippen molar-refractivity contribution in [3.8, 4) is 0 Å². The third-order valence-corrected chi connectivity index (χ3v) is 4.33. The fourth-order valence-electron chi connectivity index (χ4n) is 2.01. The summed E-state index contributed by atoms with van der Waals surface area (Å²) >= 11 is 1.59. The minimum absolute atomic E-state index is 0.199. The number of nitrogens with zero attached hydrogens (tertiary/aromatic N) is 5. The van der Waals surface area contributed by atoms with Crippen molar-refractivity contribution in [2.24, 2.45) is 12.2 Å². The molecule has 1 aliphatic carbocycles. The van der Waals surface area contributed by atoms with Gasteiger partial charge in [-0.25, -0.2) is 4.68 Å². The second-order valence-electron chi connectivity index (χ2n) is 4.24. The quantitative estimate of drug-likeness (QED) is 0.644. The molecule has 1 unspecified atom stereocenters. The van der Waals surface area contributed by atoms with Crippen molar-refractivity contribution in [1.82, 2.24) is 20.2 Å². The van der Waals surface area contributed by atoms with E-state index in [9.17, 15) is 0 Å². The highest BCUT2D eigenvalue weighted by Crippen LogP contribution is 2.29. The molecular formula is C10H17N5OS. The zero-order valence-electron chi connectivity index (χ0n) is 9.91. The molecule has 2 rings (SSSR count). The Bertz CT molecular complexity index is 392. The topological polar surface area (TPSA) is 76.2 Å². The van der Waals surface area contributed by atoms with Gasteiger partial charge in [0.2, 0.25) is 5.16 Å². The highest BCUT2D eigenvalue weighted by atomic mass is 32.2.